The Hall–Kier alpha value is -3.18. The smallest absolute Gasteiger partial charge is 0.339 e. The zero-order valence-corrected chi connectivity index (χ0v) is 17.5. The predicted octanol–water partition coefficient (Wildman–Crippen LogP) is 4.47. The summed E-state index contributed by atoms with van der Waals surface area (Å²) in [6.45, 7) is 4.91. The average molecular weight is 402 g/mol. The number of carboxylic acid groups (broad SMARTS) is 1. The van der Waals surface area contributed by atoms with Crippen LogP contribution in [0, 0.1) is 6.92 Å². The van der Waals surface area contributed by atoms with Gasteiger partial charge in [0.2, 0.25) is 0 Å². The van der Waals surface area contributed by atoms with E-state index in [2.05, 4.69) is 65.3 Å². The zero-order valence-electron chi connectivity index (χ0n) is 17.5. The molecule has 0 saturated carbocycles. The van der Waals surface area contributed by atoms with E-state index in [9.17, 15) is 9.90 Å². The third kappa shape index (κ3) is 4.21. The number of hydrogen-bond donors (Lipinski definition) is 1. The molecule has 5 heteroatoms. The van der Waals surface area contributed by atoms with Gasteiger partial charge < -0.3 is 10.0 Å². The van der Waals surface area contributed by atoms with Gasteiger partial charge in [-0.15, -0.1) is 0 Å². The summed E-state index contributed by atoms with van der Waals surface area (Å²) < 4.78 is 0. The lowest BCUT2D eigenvalue weighted by Gasteiger charge is -2.27. The molecule has 0 spiro atoms. The Bertz CT molecular complexity index is 1050. The first-order valence-corrected chi connectivity index (χ1v) is 10.3. The Labute approximate surface area is 177 Å². The number of pyridine rings is 1. The monoisotopic (exact) mass is 401 g/mol. The van der Waals surface area contributed by atoms with E-state index in [-0.39, 0.29) is 11.6 Å². The summed E-state index contributed by atoms with van der Waals surface area (Å²) in [5, 5.41) is 9.47. The van der Waals surface area contributed by atoms with Crippen molar-refractivity contribution in [3.8, 4) is 11.1 Å². The highest BCUT2D eigenvalue weighted by molar-refractivity contribution is 5.93. The summed E-state index contributed by atoms with van der Waals surface area (Å²) >= 11 is 0. The molecule has 1 aromatic heterocycles. The number of carbonyl (C=O) groups is 1. The first-order chi connectivity index (χ1) is 14.5. The number of nitrogens with zero attached hydrogens (tertiary/aromatic N) is 3. The highest BCUT2D eigenvalue weighted by Gasteiger charge is 2.28. The molecule has 30 heavy (non-hydrogen) atoms. The van der Waals surface area contributed by atoms with E-state index in [0.29, 0.717) is 5.82 Å². The minimum atomic E-state index is -0.937. The standard InChI is InChI=1S/C25H27N3O2/c1-18-7-3-4-10-22(18)20-9-5-8-19(15-20)16-28-14-12-21(17-28)27(2)24-23(25(29)30)11-6-13-26-24/h3-11,13,15,21H,12,14,16-17H2,1-2H3,(H,29,30)/t21-/m1/s1. The number of carboxylic acids is 1. The van der Waals surface area contributed by atoms with Gasteiger partial charge in [0.1, 0.15) is 11.4 Å². The number of likely N-dealkylation sites (N-methyl/N-ethyl adjacent to an activating group) is 1. The van der Waals surface area contributed by atoms with Crippen molar-refractivity contribution in [1.82, 2.24) is 9.88 Å². The molecule has 154 valence electrons. The Morgan fingerprint density at radius 1 is 1.17 bits per heavy atom. The molecule has 0 amide bonds. The maximum atomic E-state index is 11.5. The van der Waals surface area contributed by atoms with E-state index in [1.54, 1.807) is 18.3 Å². The molecular formula is C25H27N3O2. The van der Waals surface area contributed by atoms with Crippen LogP contribution in [-0.4, -0.2) is 47.1 Å². The van der Waals surface area contributed by atoms with Crippen molar-refractivity contribution in [2.75, 3.05) is 25.0 Å². The number of rotatable bonds is 6. The molecule has 1 aliphatic heterocycles. The Morgan fingerprint density at radius 3 is 2.80 bits per heavy atom. The third-order valence-electron chi connectivity index (χ3n) is 5.94. The van der Waals surface area contributed by atoms with Gasteiger partial charge in [-0.25, -0.2) is 9.78 Å². The third-order valence-corrected chi connectivity index (χ3v) is 5.94. The maximum absolute atomic E-state index is 11.5. The summed E-state index contributed by atoms with van der Waals surface area (Å²) in [4.78, 5) is 20.3. The number of aromatic nitrogens is 1. The van der Waals surface area contributed by atoms with Crippen molar-refractivity contribution in [3.63, 3.8) is 0 Å². The van der Waals surface area contributed by atoms with Crippen LogP contribution in [0.5, 0.6) is 0 Å². The number of likely N-dealkylation sites (tertiary alicyclic amines) is 1. The predicted molar refractivity (Wildman–Crippen MR) is 120 cm³/mol. The van der Waals surface area contributed by atoms with Crippen molar-refractivity contribution in [2.45, 2.75) is 25.9 Å². The summed E-state index contributed by atoms with van der Waals surface area (Å²) in [6.07, 6.45) is 2.64. The van der Waals surface area contributed by atoms with Gasteiger partial charge in [-0.3, -0.25) is 4.90 Å². The molecule has 1 aliphatic rings. The minimum absolute atomic E-state index is 0.248. The molecule has 4 rings (SSSR count). The zero-order chi connectivity index (χ0) is 21.1. The average Bonchev–Trinajstić information content (AvgIpc) is 3.22. The Morgan fingerprint density at radius 2 is 2.00 bits per heavy atom. The van der Waals surface area contributed by atoms with Gasteiger partial charge in [0.15, 0.2) is 0 Å². The fourth-order valence-corrected chi connectivity index (χ4v) is 4.28. The second kappa shape index (κ2) is 8.67. The first kappa shape index (κ1) is 20.1. The second-order valence-corrected chi connectivity index (χ2v) is 7.98. The van der Waals surface area contributed by atoms with E-state index in [4.69, 9.17) is 0 Å². The van der Waals surface area contributed by atoms with Gasteiger partial charge >= 0.3 is 5.97 Å². The molecular weight excluding hydrogens is 374 g/mol. The summed E-state index contributed by atoms with van der Waals surface area (Å²) in [6, 6.07) is 20.8. The van der Waals surface area contributed by atoms with Crippen LogP contribution in [0.15, 0.2) is 66.9 Å². The van der Waals surface area contributed by atoms with E-state index < -0.39 is 5.97 Å². The number of aromatic carboxylic acids is 1. The lowest BCUT2D eigenvalue weighted by Crippen LogP contribution is -2.36. The topological polar surface area (TPSA) is 56.7 Å². The van der Waals surface area contributed by atoms with Crippen LogP contribution in [0.25, 0.3) is 11.1 Å². The molecule has 0 bridgehead atoms. The second-order valence-electron chi connectivity index (χ2n) is 7.98. The molecule has 0 unspecified atom stereocenters. The molecule has 1 atom stereocenters. The number of anilines is 1. The normalized spacial score (nSPS) is 16.5. The Balaban J connectivity index is 1.46. The fourth-order valence-electron chi connectivity index (χ4n) is 4.28. The number of hydrogen-bond acceptors (Lipinski definition) is 4. The lowest BCUT2D eigenvalue weighted by molar-refractivity contribution is 0.0697. The molecule has 0 radical (unpaired) electrons. The van der Waals surface area contributed by atoms with E-state index in [0.717, 1.165) is 26.1 Å². The van der Waals surface area contributed by atoms with Crippen molar-refractivity contribution in [1.29, 1.82) is 0 Å². The van der Waals surface area contributed by atoms with Crippen LogP contribution < -0.4 is 4.90 Å². The molecule has 3 aromatic rings. The van der Waals surface area contributed by atoms with Gasteiger partial charge in [-0.2, -0.15) is 0 Å². The van der Waals surface area contributed by atoms with Crippen LogP contribution in [-0.2, 0) is 6.54 Å². The van der Waals surface area contributed by atoms with Crippen LogP contribution in [0.4, 0.5) is 5.82 Å². The van der Waals surface area contributed by atoms with Crippen molar-refractivity contribution in [3.05, 3.63) is 83.6 Å². The highest BCUT2D eigenvalue weighted by Crippen LogP contribution is 2.27. The van der Waals surface area contributed by atoms with Gasteiger partial charge in [0.05, 0.1) is 0 Å². The largest absolute Gasteiger partial charge is 0.478 e. The molecule has 1 saturated heterocycles. The van der Waals surface area contributed by atoms with E-state index in [1.807, 2.05) is 11.9 Å². The van der Waals surface area contributed by atoms with E-state index in [1.165, 1.54) is 22.3 Å². The summed E-state index contributed by atoms with van der Waals surface area (Å²) in [7, 11) is 1.95. The van der Waals surface area contributed by atoms with Gasteiger partial charge in [-0.1, -0.05) is 42.5 Å². The Kier molecular flexibility index (Phi) is 5.81. The van der Waals surface area contributed by atoms with Gasteiger partial charge in [-0.05, 0) is 53.8 Å². The van der Waals surface area contributed by atoms with Gasteiger partial charge in [0.25, 0.3) is 0 Å². The lowest BCUT2D eigenvalue weighted by atomic mass is 9.99. The van der Waals surface area contributed by atoms with E-state index >= 15 is 0 Å². The number of benzene rings is 2. The molecule has 1 N–H and O–H groups in total. The van der Waals surface area contributed by atoms with Crippen molar-refractivity contribution < 1.29 is 9.90 Å². The SMILES string of the molecule is Cc1ccccc1-c1cccc(CN2CC[C@@H](N(C)c3ncccc3C(=O)O)C2)c1. The quantitative estimate of drug-likeness (QED) is 0.661. The van der Waals surface area contributed by atoms with Crippen LogP contribution in [0.1, 0.15) is 27.9 Å². The van der Waals surface area contributed by atoms with Crippen LogP contribution >= 0.6 is 0 Å². The highest BCUT2D eigenvalue weighted by atomic mass is 16.4. The summed E-state index contributed by atoms with van der Waals surface area (Å²) in [5.74, 6) is -0.397. The summed E-state index contributed by atoms with van der Waals surface area (Å²) in [5.41, 5.74) is 5.35. The molecule has 2 heterocycles. The van der Waals surface area contributed by atoms with Crippen LogP contribution in [0.3, 0.4) is 0 Å². The fraction of sp³-hybridized carbons (Fsp3) is 0.280. The maximum Gasteiger partial charge on any atom is 0.339 e. The molecule has 2 aromatic carbocycles. The van der Waals surface area contributed by atoms with Crippen molar-refractivity contribution in [2.24, 2.45) is 0 Å². The molecule has 5 nitrogen and oxygen atoms in total. The first-order valence-electron chi connectivity index (χ1n) is 10.3. The minimum Gasteiger partial charge on any atom is -0.478 e. The molecule has 0 aliphatic carbocycles. The number of aryl methyl sites for hydroxylation is 1. The van der Waals surface area contributed by atoms with Gasteiger partial charge in [0, 0.05) is 38.9 Å². The molecule has 1 fully saturated rings. The van der Waals surface area contributed by atoms with Crippen molar-refractivity contribution >= 4 is 11.8 Å². The van der Waals surface area contributed by atoms with Crippen LogP contribution in [0.2, 0.25) is 0 Å².